The van der Waals surface area contributed by atoms with Crippen molar-refractivity contribution in [2.45, 2.75) is 32.2 Å². The van der Waals surface area contributed by atoms with E-state index in [0.717, 1.165) is 12.8 Å². The standard InChI is InChI=1S/C11H19N3O3/c1-8(15)14(2)7-10(16)13-9-5-3-4-6-12-11(9)17/h9H,3-7H2,1-2H3,(H,12,17)(H,13,16). The number of hydrogen-bond acceptors (Lipinski definition) is 3. The van der Waals surface area contributed by atoms with Crippen molar-refractivity contribution in [3.05, 3.63) is 0 Å². The Bertz CT molecular complexity index is 317. The second kappa shape index (κ2) is 6.22. The van der Waals surface area contributed by atoms with Gasteiger partial charge in [0.2, 0.25) is 17.7 Å². The Balaban J connectivity index is 2.43. The number of nitrogens with one attached hydrogen (secondary N) is 2. The van der Waals surface area contributed by atoms with Gasteiger partial charge in [-0.2, -0.15) is 0 Å². The van der Waals surface area contributed by atoms with Gasteiger partial charge in [-0.1, -0.05) is 0 Å². The van der Waals surface area contributed by atoms with Crippen molar-refractivity contribution < 1.29 is 14.4 Å². The molecule has 0 aliphatic carbocycles. The summed E-state index contributed by atoms with van der Waals surface area (Å²) in [6.07, 6.45) is 2.50. The summed E-state index contributed by atoms with van der Waals surface area (Å²) < 4.78 is 0. The van der Waals surface area contributed by atoms with Crippen LogP contribution in [0.1, 0.15) is 26.2 Å². The number of rotatable bonds is 3. The summed E-state index contributed by atoms with van der Waals surface area (Å²) in [6, 6.07) is -0.467. The molecule has 0 bridgehead atoms. The van der Waals surface area contributed by atoms with Gasteiger partial charge < -0.3 is 15.5 Å². The molecule has 0 spiro atoms. The van der Waals surface area contributed by atoms with Gasteiger partial charge in [-0.25, -0.2) is 0 Å². The fourth-order valence-electron chi connectivity index (χ4n) is 1.64. The number of likely N-dealkylation sites (N-methyl/N-ethyl adjacent to an activating group) is 1. The summed E-state index contributed by atoms with van der Waals surface area (Å²) >= 11 is 0. The Morgan fingerprint density at radius 2 is 2.18 bits per heavy atom. The van der Waals surface area contributed by atoms with Crippen LogP contribution in [0.15, 0.2) is 0 Å². The first-order valence-electron chi connectivity index (χ1n) is 5.79. The second-order valence-corrected chi connectivity index (χ2v) is 4.28. The molecular formula is C11H19N3O3. The molecule has 1 fully saturated rings. The van der Waals surface area contributed by atoms with E-state index in [-0.39, 0.29) is 24.3 Å². The SMILES string of the molecule is CC(=O)N(C)CC(=O)NC1CCCCNC1=O. The van der Waals surface area contributed by atoms with E-state index in [4.69, 9.17) is 0 Å². The summed E-state index contributed by atoms with van der Waals surface area (Å²) in [5.41, 5.74) is 0. The largest absolute Gasteiger partial charge is 0.354 e. The van der Waals surface area contributed by atoms with Gasteiger partial charge in [0.1, 0.15) is 6.04 Å². The molecule has 96 valence electrons. The number of nitrogens with zero attached hydrogens (tertiary/aromatic N) is 1. The minimum absolute atomic E-state index is 0.0148. The van der Waals surface area contributed by atoms with Crippen LogP contribution in [0.4, 0.5) is 0 Å². The number of amides is 3. The normalized spacial score (nSPS) is 20.1. The van der Waals surface area contributed by atoms with Gasteiger partial charge >= 0.3 is 0 Å². The monoisotopic (exact) mass is 241 g/mol. The van der Waals surface area contributed by atoms with Crippen LogP contribution in [0.3, 0.4) is 0 Å². The molecule has 1 aliphatic heterocycles. The fraction of sp³-hybridized carbons (Fsp3) is 0.727. The lowest BCUT2D eigenvalue weighted by Crippen LogP contribution is -2.48. The molecule has 1 aliphatic rings. The molecule has 1 atom stereocenters. The van der Waals surface area contributed by atoms with Gasteiger partial charge in [-0.05, 0) is 19.3 Å². The lowest BCUT2D eigenvalue weighted by molar-refractivity contribution is -0.134. The average Bonchev–Trinajstić information content (AvgIpc) is 2.44. The number of carbonyl (C=O) groups is 3. The zero-order valence-electron chi connectivity index (χ0n) is 10.3. The van der Waals surface area contributed by atoms with E-state index in [1.165, 1.54) is 11.8 Å². The summed E-state index contributed by atoms with van der Waals surface area (Å²) in [4.78, 5) is 35.4. The minimum atomic E-state index is -0.467. The van der Waals surface area contributed by atoms with Gasteiger partial charge in [0.05, 0.1) is 6.54 Å². The Labute approximate surface area is 101 Å². The van der Waals surface area contributed by atoms with E-state index in [0.29, 0.717) is 13.0 Å². The van der Waals surface area contributed by atoms with Crippen molar-refractivity contribution in [3.8, 4) is 0 Å². The van der Waals surface area contributed by atoms with E-state index < -0.39 is 6.04 Å². The quantitative estimate of drug-likeness (QED) is 0.682. The molecule has 1 unspecified atom stereocenters. The highest BCUT2D eigenvalue weighted by molar-refractivity contribution is 5.89. The van der Waals surface area contributed by atoms with Crippen LogP contribution in [0.2, 0.25) is 0 Å². The zero-order chi connectivity index (χ0) is 12.8. The molecule has 0 radical (unpaired) electrons. The molecule has 0 aromatic carbocycles. The Hall–Kier alpha value is -1.59. The van der Waals surface area contributed by atoms with Crippen molar-refractivity contribution in [2.24, 2.45) is 0 Å². The topological polar surface area (TPSA) is 78.5 Å². The van der Waals surface area contributed by atoms with Crippen LogP contribution in [0, 0.1) is 0 Å². The van der Waals surface area contributed by atoms with Crippen molar-refractivity contribution in [3.63, 3.8) is 0 Å². The van der Waals surface area contributed by atoms with Crippen molar-refractivity contribution in [1.29, 1.82) is 0 Å². The summed E-state index contributed by atoms with van der Waals surface area (Å²) in [5, 5.41) is 5.39. The van der Waals surface area contributed by atoms with Crippen LogP contribution >= 0.6 is 0 Å². The Morgan fingerprint density at radius 3 is 2.82 bits per heavy atom. The number of hydrogen-bond donors (Lipinski definition) is 2. The maximum atomic E-state index is 11.6. The molecule has 2 N–H and O–H groups in total. The van der Waals surface area contributed by atoms with Gasteiger partial charge in [0, 0.05) is 20.5 Å². The predicted octanol–water partition coefficient (Wildman–Crippen LogP) is -0.750. The highest BCUT2D eigenvalue weighted by Crippen LogP contribution is 2.05. The first kappa shape index (κ1) is 13.5. The van der Waals surface area contributed by atoms with Gasteiger partial charge in [-0.15, -0.1) is 0 Å². The van der Waals surface area contributed by atoms with Gasteiger partial charge in [0.15, 0.2) is 0 Å². The van der Waals surface area contributed by atoms with E-state index in [1.807, 2.05) is 0 Å². The van der Waals surface area contributed by atoms with Crippen molar-refractivity contribution in [2.75, 3.05) is 20.1 Å². The van der Waals surface area contributed by atoms with Crippen molar-refractivity contribution in [1.82, 2.24) is 15.5 Å². The number of carbonyl (C=O) groups excluding carboxylic acids is 3. The third kappa shape index (κ3) is 4.42. The fourth-order valence-corrected chi connectivity index (χ4v) is 1.64. The van der Waals surface area contributed by atoms with E-state index >= 15 is 0 Å². The maximum absolute atomic E-state index is 11.6. The molecule has 17 heavy (non-hydrogen) atoms. The Kier molecular flexibility index (Phi) is 4.93. The summed E-state index contributed by atoms with van der Waals surface area (Å²) in [7, 11) is 1.55. The average molecular weight is 241 g/mol. The predicted molar refractivity (Wildman–Crippen MR) is 62.1 cm³/mol. The lowest BCUT2D eigenvalue weighted by atomic mass is 10.1. The molecule has 0 aromatic heterocycles. The molecule has 3 amide bonds. The smallest absolute Gasteiger partial charge is 0.242 e. The molecule has 1 heterocycles. The van der Waals surface area contributed by atoms with Crippen molar-refractivity contribution >= 4 is 17.7 Å². The highest BCUT2D eigenvalue weighted by Gasteiger charge is 2.22. The lowest BCUT2D eigenvalue weighted by Gasteiger charge is -2.18. The molecule has 6 nitrogen and oxygen atoms in total. The molecule has 0 saturated carbocycles. The van der Waals surface area contributed by atoms with E-state index in [1.54, 1.807) is 7.05 Å². The third-order valence-corrected chi connectivity index (χ3v) is 2.79. The van der Waals surface area contributed by atoms with Crippen LogP contribution in [0.5, 0.6) is 0 Å². The van der Waals surface area contributed by atoms with Crippen LogP contribution in [-0.2, 0) is 14.4 Å². The van der Waals surface area contributed by atoms with Crippen LogP contribution in [-0.4, -0.2) is 48.8 Å². The maximum Gasteiger partial charge on any atom is 0.242 e. The van der Waals surface area contributed by atoms with E-state index in [9.17, 15) is 14.4 Å². The molecule has 6 heteroatoms. The van der Waals surface area contributed by atoms with E-state index in [2.05, 4.69) is 10.6 Å². The Morgan fingerprint density at radius 1 is 1.47 bits per heavy atom. The molecule has 1 saturated heterocycles. The van der Waals surface area contributed by atoms with Crippen LogP contribution < -0.4 is 10.6 Å². The minimum Gasteiger partial charge on any atom is -0.354 e. The second-order valence-electron chi connectivity index (χ2n) is 4.28. The zero-order valence-corrected chi connectivity index (χ0v) is 10.3. The first-order valence-corrected chi connectivity index (χ1v) is 5.79. The van der Waals surface area contributed by atoms with Crippen LogP contribution in [0.25, 0.3) is 0 Å². The summed E-state index contributed by atoms with van der Waals surface area (Å²) in [6.45, 7) is 2.04. The van der Waals surface area contributed by atoms with Gasteiger partial charge in [0.25, 0.3) is 0 Å². The first-order chi connectivity index (χ1) is 8.00. The third-order valence-electron chi connectivity index (χ3n) is 2.79. The summed E-state index contributed by atoms with van der Waals surface area (Å²) in [5.74, 6) is -0.614. The highest BCUT2D eigenvalue weighted by atomic mass is 16.2. The van der Waals surface area contributed by atoms with Gasteiger partial charge in [-0.3, -0.25) is 14.4 Å². The molecular weight excluding hydrogens is 222 g/mol. The molecule has 1 rings (SSSR count). The molecule has 0 aromatic rings.